The molecule has 0 rings (SSSR count). The highest BCUT2D eigenvalue weighted by Gasteiger charge is 2.12. The summed E-state index contributed by atoms with van der Waals surface area (Å²) in [6.45, 7) is 5.84. The second-order valence-corrected chi connectivity index (χ2v) is 4.64. The molecule has 0 unspecified atom stereocenters. The van der Waals surface area contributed by atoms with Gasteiger partial charge in [0.15, 0.2) is 0 Å². The standard InChI is InChI=1S/C12H22N4O4/c1-8(2)7-14-10(18)6-9(3)15-16-12(20)11(19)13-4-5-17/h8,17H,4-7H2,1-3H3,(H,13,19)(H,14,18)(H,16,20)/b15-9+. The van der Waals surface area contributed by atoms with Crippen molar-refractivity contribution in [2.45, 2.75) is 27.2 Å². The number of nitrogens with zero attached hydrogens (tertiary/aromatic N) is 1. The van der Waals surface area contributed by atoms with Crippen LogP contribution in [0.15, 0.2) is 5.10 Å². The number of hydrazone groups is 1. The molecule has 0 saturated carbocycles. The number of hydrogen-bond acceptors (Lipinski definition) is 5. The molecule has 0 aromatic heterocycles. The van der Waals surface area contributed by atoms with Gasteiger partial charge in [-0.05, 0) is 12.8 Å². The Morgan fingerprint density at radius 1 is 1.15 bits per heavy atom. The quantitative estimate of drug-likeness (QED) is 0.265. The minimum atomic E-state index is -0.944. The molecule has 0 aliphatic carbocycles. The maximum absolute atomic E-state index is 11.5. The first-order chi connectivity index (χ1) is 9.36. The SMILES string of the molecule is C/C(CC(=O)NCC(C)C)=N\NC(=O)C(=O)NCCO. The highest BCUT2D eigenvalue weighted by molar-refractivity contribution is 6.35. The Morgan fingerprint density at radius 2 is 1.80 bits per heavy atom. The third-order valence-electron chi connectivity index (χ3n) is 2.08. The monoisotopic (exact) mass is 286 g/mol. The first-order valence-electron chi connectivity index (χ1n) is 6.35. The molecule has 0 saturated heterocycles. The van der Waals surface area contributed by atoms with E-state index in [-0.39, 0.29) is 25.5 Å². The van der Waals surface area contributed by atoms with Gasteiger partial charge in [-0.25, -0.2) is 5.43 Å². The van der Waals surface area contributed by atoms with Crippen LogP contribution >= 0.6 is 0 Å². The summed E-state index contributed by atoms with van der Waals surface area (Å²) < 4.78 is 0. The molecule has 0 aromatic carbocycles. The van der Waals surface area contributed by atoms with Crippen LogP contribution in [0.25, 0.3) is 0 Å². The normalized spacial score (nSPS) is 11.2. The molecule has 0 aliphatic heterocycles. The molecule has 20 heavy (non-hydrogen) atoms. The molecule has 0 bridgehead atoms. The van der Waals surface area contributed by atoms with Gasteiger partial charge in [0, 0.05) is 18.8 Å². The molecule has 0 spiro atoms. The molecule has 0 radical (unpaired) electrons. The van der Waals surface area contributed by atoms with Gasteiger partial charge in [0.2, 0.25) is 5.91 Å². The van der Waals surface area contributed by atoms with Crippen molar-refractivity contribution in [3.63, 3.8) is 0 Å². The van der Waals surface area contributed by atoms with Crippen LogP contribution in [0.2, 0.25) is 0 Å². The van der Waals surface area contributed by atoms with Gasteiger partial charge in [0.1, 0.15) is 0 Å². The molecular weight excluding hydrogens is 264 g/mol. The largest absolute Gasteiger partial charge is 0.395 e. The van der Waals surface area contributed by atoms with E-state index >= 15 is 0 Å². The molecule has 0 heterocycles. The van der Waals surface area contributed by atoms with Crippen LogP contribution in [0.1, 0.15) is 27.2 Å². The van der Waals surface area contributed by atoms with Gasteiger partial charge in [0.25, 0.3) is 0 Å². The first kappa shape index (κ1) is 18.0. The summed E-state index contributed by atoms with van der Waals surface area (Å²) in [6.07, 6.45) is 0.0469. The number of carbonyl (C=O) groups is 3. The summed E-state index contributed by atoms with van der Waals surface area (Å²) in [5, 5.41) is 17.0. The van der Waals surface area contributed by atoms with Crippen molar-refractivity contribution in [3.8, 4) is 0 Å². The lowest BCUT2D eigenvalue weighted by atomic mass is 10.2. The lowest BCUT2D eigenvalue weighted by Gasteiger charge is -2.07. The fourth-order valence-corrected chi connectivity index (χ4v) is 1.10. The van der Waals surface area contributed by atoms with Crippen molar-refractivity contribution in [1.29, 1.82) is 0 Å². The summed E-state index contributed by atoms with van der Waals surface area (Å²) in [5.74, 6) is -1.68. The van der Waals surface area contributed by atoms with Crippen LogP contribution in [0.5, 0.6) is 0 Å². The highest BCUT2D eigenvalue weighted by atomic mass is 16.3. The Balaban J connectivity index is 4.09. The predicted octanol–water partition coefficient (Wildman–Crippen LogP) is -1.25. The number of hydrogen-bond donors (Lipinski definition) is 4. The molecule has 0 aromatic rings. The Hall–Kier alpha value is -1.96. The lowest BCUT2D eigenvalue weighted by molar-refractivity contribution is -0.139. The number of carbonyl (C=O) groups excluding carboxylic acids is 3. The topological polar surface area (TPSA) is 120 Å². The summed E-state index contributed by atoms with van der Waals surface area (Å²) in [6, 6.07) is 0. The Morgan fingerprint density at radius 3 is 2.35 bits per heavy atom. The maximum atomic E-state index is 11.5. The average molecular weight is 286 g/mol. The highest BCUT2D eigenvalue weighted by Crippen LogP contribution is 1.90. The lowest BCUT2D eigenvalue weighted by Crippen LogP contribution is -2.39. The molecule has 0 atom stereocenters. The second kappa shape index (κ2) is 9.90. The maximum Gasteiger partial charge on any atom is 0.329 e. The van der Waals surface area contributed by atoms with Crippen LogP contribution in [-0.2, 0) is 14.4 Å². The van der Waals surface area contributed by atoms with Crippen molar-refractivity contribution in [3.05, 3.63) is 0 Å². The minimum Gasteiger partial charge on any atom is -0.395 e. The average Bonchev–Trinajstić information content (AvgIpc) is 2.39. The van der Waals surface area contributed by atoms with Gasteiger partial charge < -0.3 is 15.7 Å². The van der Waals surface area contributed by atoms with E-state index in [2.05, 4.69) is 15.7 Å². The van der Waals surface area contributed by atoms with E-state index in [4.69, 9.17) is 5.11 Å². The van der Waals surface area contributed by atoms with Gasteiger partial charge in [-0.1, -0.05) is 13.8 Å². The number of nitrogens with one attached hydrogen (secondary N) is 3. The minimum absolute atomic E-state index is 0.00738. The summed E-state index contributed by atoms with van der Waals surface area (Å²) in [5.41, 5.74) is 2.42. The zero-order valence-electron chi connectivity index (χ0n) is 12.0. The molecule has 8 nitrogen and oxygen atoms in total. The van der Waals surface area contributed by atoms with E-state index in [1.54, 1.807) is 6.92 Å². The molecule has 0 aliphatic rings. The molecule has 4 N–H and O–H groups in total. The zero-order valence-corrected chi connectivity index (χ0v) is 12.0. The molecule has 0 fully saturated rings. The Kier molecular flexibility index (Phi) is 8.93. The summed E-state index contributed by atoms with van der Waals surface area (Å²) >= 11 is 0. The fraction of sp³-hybridized carbons (Fsp3) is 0.667. The predicted molar refractivity (Wildman–Crippen MR) is 73.8 cm³/mol. The van der Waals surface area contributed by atoms with Crippen LogP contribution in [0.3, 0.4) is 0 Å². The zero-order chi connectivity index (χ0) is 15.5. The third-order valence-corrected chi connectivity index (χ3v) is 2.08. The van der Waals surface area contributed by atoms with Gasteiger partial charge in [-0.3, -0.25) is 14.4 Å². The third kappa shape index (κ3) is 9.03. The second-order valence-electron chi connectivity index (χ2n) is 4.64. The fourth-order valence-electron chi connectivity index (χ4n) is 1.10. The van der Waals surface area contributed by atoms with Crippen LogP contribution < -0.4 is 16.1 Å². The van der Waals surface area contributed by atoms with Gasteiger partial charge in [-0.15, -0.1) is 0 Å². The van der Waals surface area contributed by atoms with E-state index in [9.17, 15) is 14.4 Å². The number of amides is 3. The van der Waals surface area contributed by atoms with E-state index in [1.807, 2.05) is 19.3 Å². The molecule has 114 valence electrons. The van der Waals surface area contributed by atoms with Crippen molar-refractivity contribution in [2.24, 2.45) is 11.0 Å². The van der Waals surface area contributed by atoms with Crippen molar-refractivity contribution >= 4 is 23.4 Å². The Labute approximate surface area is 118 Å². The number of aliphatic hydroxyl groups is 1. The van der Waals surface area contributed by atoms with Gasteiger partial charge in [0.05, 0.1) is 13.0 Å². The van der Waals surface area contributed by atoms with E-state index in [0.29, 0.717) is 18.2 Å². The Bertz CT molecular complexity index is 380. The first-order valence-corrected chi connectivity index (χ1v) is 6.35. The van der Waals surface area contributed by atoms with E-state index in [1.165, 1.54) is 0 Å². The van der Waals surface area contributed by atoms with Gasteiger partial charge >= 0.3 is 11.8 Å². The number of rotatable bonds is 7. The van der Waals surface area contributed by atoms with E-state index in [0.717, 1.165) is 0 Å². The van der Waals surface area contributed by atoms with Crippen LogP contribution in [0.4, 0.5) is 0 Å². The van der Waals surface area contributed by atoms with Crippen LogP contribution in [-0.4, -0.2) is 48.2 Å². The van der Waals surface area contributed by atoms with Crippen molar-refractivity contribution in [2.75, 3.05) is 19.7 Å². The number of aliphatic hydroxyl groups excluding tert-OH is 1. The van der Waals surface area contributed by atoms with E-state index < -0.39 is 11.8 Å². The van der Waals surface area contributed by atoms with Crippen LogP contribution in [0, 0.1) is 5.92 Å². The van der Waals surface area contributed by atoms with Crippen molar-refractivity contribution < 1.29 is 19.5 Å². The molecule has 3 amide bonds. The summed E-state index contributed by atoms with van der Waals surface area (Å²) in [7, 11) is 0. The van der Waals surface area contributed by atoms with Gasteiger partial charge in [-0.2, -0.15) is 5.10 Å². The smallest absolute Gasteiger partial charge is 0.329 e. The van der Waals surface area contributed by atoms with Crippen molar-refractivity contribution in [1.82, 2.24) is 16.1 Å². The molecule has 8 heteroatoms. The molecular formula is C12H22N4O4. The summed E-state index contributed by atoms with van der Waals surface area (Å²) in [4.78, 5) is 33.8.